The summed E-state index contributed by atoms with van der Waals surface area (Å²) in [6, 6.07) is 0. The van der Waals surface area contributed by atoms with Crippen molar-refractivity contribution in [1.29, 1.82) is 0 Å². The van der Waals surface area contributed by atoms with Crippen LogP contribution >= 0.6 is 0 Å². The molecule has 5 heavy (non-hydrogen) atoms. The lowest BCUT2D eigenvalue weighted by Gasteiger charge is -1.75. The summed E-state index contributed by atoms with van der Waals surface area (Å²) in [5.41, 5.74) is 0. The Kier molecular flexibility index (Phi) is 4.05. The zero-order chi connectivity index (χ0) is 4.12. The van der Waals surface area contributed by atoms with Crippen LogP contribution in [0.2, 0.25) is 6.32 Å². The highest BCUT2D eigenvalue weighted by Gasteiger charge is 1.74. The number of hydrogen-bond acceptors (Lipinski definition) is 1. The molecule has 0 heterocycles. The minimum absolute atomic E-state index is 0.219. The quantitative estimate of drug-likeness (QED) is 0.457. The molecule has 2 heteroatoms. The van der Waals surface area contributed by atoms with Crippen molar-refractivity contribution >= 4 is 7.28 Å². The Morgan fingerprint density at radius 3 is 2.40 bits per heavy atom. The molecule has 1 radical (unpaired) electrons. The fourth-order valence-electron chi connectivity index (χ4n) is 0.129. The van der Waals surface area contributed by atoms with Crippen LogP contribution in [0.5, 0.6) is 0 Å². The number of aliphatic hydroxyl groups excluding tert-OH is 1. The molecule has 0 aliphatic heterocycles. The fraction of sp³-hybridized carbons (Fsp3) is 1.00. The van der Waals surface area contributed by atoms with E-state index in [2.05, 4.69) is 0 Å². The lowest BCUT2D eigenvalue weighted by atomic mass is 9.77. The first kappa shape index (κ1) is 5.02. The third-order valence-electron chi connectivity index (χ3n) is 0.418. The van der Waals surface area contributed by atoms with E-state index in [9.17, 15) is 0 Å². The first-order valence-electron chi connectivity index (χ1n) is 1.84. The Morgan fingerprint density at radius 1 is 1.80 bits per heavy atom. The van der Waals surface area contributed by atoms with E-state index in [-0.39, 0.29) is 6.51 Å². The van der Waals surface area contributed by atoms with Gasteiger partial charge in [0.15, 0.2) is 0 Å². The van der Waals surface area contributed by atoms with Gasteiger partial charge >= 0.3 is 0 Å². The van der Waals surface area contributed by atoms with Crippen molar-refractivity contribution in [3.05, 3.63) is 0 Å². The van der Waals surface area contributed by atoms with Crippen LogP contribution in [-0.4, -0.2) is 18.9 Å². The first-order chi connectivity index (χ1) is 2.41. The monoisotopic (exact) mass is 71.1 g/mol. The molecular formula is C3H8BO. The van der Waals surface area contributed by atoms with Crippen molar-refractivity contribution < 1.29 is 5.11 Å². The molecule has 0 rings (SSSR count). The third kappa shape index (κ3) is 4.02. The number of hydrogen-bond donors (Lipinski definition) is 1. The van der Waals surface area contributed by atoms with Gasteiger partial charge in [-0.3, -0.25) is 0 Å². The van der Waals surface area contributed by atoms with Gasteiger partial charge in [0.25, 0.3) is 0 Å². The predicted molar refractivity (Wildman–Crippen MR) is 23.3 cm³/mol. The van der Waals surface area contributed by atoms with Gasteiger partial charge in [0.1, 0.15) is 7.28 Å². The summed E-state index contributed by atoms with van der Waals surface area (Å²) >= 11 is 0. The zero-order valence-corrected chi connectivity index (χ0v) is 3.44. The molecule has 1 nitrogen and oxygen atoms in total. The van der Waals surface area contributed by atoms with Crippen LogP contribution in [0.3, 0.4) is 0 Å². The highest BCUT2D eigenvalue weighted by Crippen LogP contribution is 1.66. The summed E-state index contributed by atoms with van der Waals surface area (Å²) in [5.74, 6) is 0. The van der Waals surface area contributed by atoms with Crippen LogP contribution in [-0.2, 0) is 0 Å². The molecule has 0 saturated carbocycles. The summed E-state index contributed by atoms with van der Waals surface area (Å²) in [6.07, 6.45) is 0.969. The van der Waals surface area contributed by atoms with Gasteiger partial charge in [0.2, 0.25) is 0 Å². The molecule has 0 amide bonds. The Morgan fingerprint density at radius 2 is 2.40 bits per heavy atom. The molecule has 0 aromatic carbocycles. The molecule has 0 saturated heterocycles. The van der Waals surface area contributed by atoms with Crippen LogP contribution < -0.4 is 0 Å². The molecule has 0 bridgehead atoms. The molecule has 0 aromatic rings. The van der Waals surface area contributed by atoms with Gasteiger partial charge in [-0.1, -0.05) is 13.2 Å². The molecule has 1 N–H and O–H groups in total. The van der Waals surface area contributed by atoms with Crippen molar-refractivity contribution in [1.82, 2.24) is 0 Å². The predicted octanol–water partition coefficient (Wildman–Crippen LogP) is 0.0786. The average Bonchev–Trinajstić information content (AvgIpc) is 1.41. The number of rotatable bonds is 2. The molecular weight excluding hydrogens is 62.8 g/mol. The van der Waals surface area contributed by atoms with Crippen molar-refractivity contribution in [3.8, 4) is 0 Å². The molecule has 0 aromatic heterocycles. The second kappa shape index (κ2) is 4.02. The minimum Gasteiger partial charge on any atom is -0.405 e. The van der Waals surface area contributed by atoms with E-state index in [4.69, 9.17) is 5.11 Å². The first-order valence-corrected chi connectivity index (χ1v) is 1.84. The van der Waals surface area contributed by atoms with E-state index in [1.807, 2.05) is 6.92 Å². The average molecular weight is 70.9 g/mol. The highest BCUT2D eigenvalue weighted by atomic mass is 16.2. The molecule has 0 atom stereocenters. The normalized spacial score (nSPS) is 7.60. The van der Waals surface area contributed by atoms with Gasteiger partial charge in [0, 0.05) is 6.51 Å². The maximum Gasteiger partial charge on any atom is 0.144 e. The second-order valence-electron chi connectivity index (χ2n) is 0.879. The second-order valence-corrected chi connectivity index (χ2v) is 0.879. The van der Waals surface area contributed by atoms with E-state index in [0.29, 0.717) is 0 Å². The van der Waals surface area contributed by atoms with Gasteiger partial charge < -0.3 is 5.11 Å². The minimum atomic E-state index is 0.219. The lowest BCUT2D eigenvalue weighted by Crippen LogP contribution is -1.91. The molecule has 0 spiro atoms. The molecule has 0 aliphatic carbocycles. The standard InChI is InChI=1S/C3H8BO/c1-2-4-3-5/h5H,2-3H2,1H3. The summed E-state index contributed by atoms with van der Waals surface area (Å²) < 4.78 is 0. The fourth-order valence-corrected chi connectivity index (χ4v) is 0.129. The van der Waals surface area contributed by atoms with Gasteiger partial charge in [-0.05, 0) is 0 Å². The van der Waals surface area contributed by atoms with Crippen LogP contribution in [0.15, 0.2) is 0 Å². The summed E-state index contributed by atoms with van der Waals surface area (Å²) in [5, 5.41) is 8.01. The van der Waals surface area contributed by atoms with Crippen LogP contribution in [0.4, 0.5) is 0 Å². The highest BCUT2D eigenvalue weighted by molar-refractivity contribution is 6.34. The topological polar surface area (TPSA) is 20.2 Å². The van der Waals surface area contributed by atoms with E-state index in [1.54, 1.807) is 7.28 Å². The van der Waals surface area contributed by atoms with E-state index in [1.165, 1.54) is 0 Å². The van der Waals surface area contributed by atoms with Gasteiger partial charge in [-0.15, -0.1) is 0 Å². The summed E-state index contributed by atoms with van der Waals surface area (Å²) in [4.78, 5) is 0. The van der Waals surface area contributed by atoms with Crippen molar-refractivity contribution in [2.75, 3.05) is 6.51 Å². The van der Waals surface area contributed by atoms with Crippen molar-refractivity contribution in [2.24, 2.45) is 0 Å². The third-order valence-corrected chi connectivity index (χ3v) is 0.418. The Bertz CT molecular complexity index is 14.4. The smallest absolute Gasteiger partial charge is 0.144 e. The van der Waals surface area contributed by atoms with Crippen molar-refractivity contribution in [3.63, 3.8) is 0 Å². The van der Waals surface area contributed by atoms with Crippen molar-refractivity contribution in [2.45, 2.75) is 13.2 Å². The largest absolute Gasteiger partial charge is 0.405 e. The van der Waals surface area contributed by atoms with Gasteiger partial charge in [-0.2, -0.15) is 0 Å². The number of aliphatic hydroxyl groups is 1. The molecule has 29 valence electrons. The molecule has 0 unspecified atom stereocenters. The SMILES string of the molecule is CC[B]CO. The summed E-state index contributed by atoms with van der Waals surface area (Å²) in [6.45, 7) is 2.22. The van der Waals surface area contributed by atoms with Gasteiger partial charge in [-0.25, -0.2) is 0 Å². The van der Waals surface area contributed by atoms with Gasteiger partial charge in [0.05, 0.1) is 0 Å². The summed E-state index contributed by atoms with van der Waals surface area (Å²) in [7, 11) is 1.81. The van der Waals surface area contributed by atoms with Crippen LogP contribution in [0, 0.1) is 0 Å². The van der Waals surface area contributed by atoms with Crippen LogP contribution in [0.25, 0.3) is 0 Å². The lowest BCUT2D eigenvalue weighted by molar-refractivity contribution is 0.366. The molecule has 0 fully saturated rings. The maximum atomic E-state index is 8.01. The maximum absolute atomic E-state index is 8.01. The molecule has 0 aliphatic rings. The van der Waals surface area contributed by atoms with Crippen LogP contribution in [0.1, 0.15) is 6.92 Å². The Hall–Kier alpha value is 0.0249. The van der Waals surface area contributed by atoms with E-state index in [0.717, 1.165) is 6.32 Å². The Labute approximate surface area is 33.3 Å². The van der Waals surface area contributed by atoms with E-state index >= 15 is 0 Å². The Balaban J connectivity index is 2.19. The van der Waals surface area contributed by atoms with E-state index < -0.39 is 0 Å². The zero-order valence-electron chi connectivity index (χ0n) is 3.44.